The molecule has 2 aliphatic rings. The van der Waals surface area contributed by atoms with Gasteiger partial charge in [-0.25, -0.2) is 0 Å². The predicted molar refractivity (Wildman–Crippen MR) is 111 cm³/mol. The lowest BCUT2D eigenvalue weighted by Crippen LogP contribution is -2.60. The topological polar surface area (TPSA) is 70.7 Å². The average molecular weight is 387 g/mol. The van der Waals surface area contributed by atoms with E-state index in [1.807, 2.05) is 79.7 Å². The number of hydroxylamine groups is 4. The summed E-state index contributed by atoms with van der Waals surface area (Å²) in [6, 6.07) is 8.07. The Balaban J connectivity index is 1.84. The number of anilines is 1. The first-order valence-electron chi connectivity index (χ1n) is 10.1. The summed E-state index contributed by atoms with van der Waals surface area (Å²) in [6.45, 7) is 15.8. The van der Waals surface area contributed by atoms with Gasteiger partial charge in [0.15, 0.2) is 5.84 Å². The molecule has 0 unspecified atom stereocenters. The molecule has 154 valence electrons. The first-order chi connectivity index (χ1) is 12.7. The second kappa shape index (κ2) is 6.44. The van der Waals surface area contributed by atoms with E-state index in [4.69, 9.17) is 4.99 Å². The van der Waals surface area contributed by atoms with Gasteiger partial charge in [0.25, 0.3) is 0 Å². The van der Waals surface area contributed by atoms with Gasteiger partial charge in [-0.15, -0.1) is 10.3 Å². The molecule has 0 spiro atoms. The van der Waals surface area contributed by atoms with Crippen molar-refractivity contribution in [1.29, 1.82) is 0 Å². The summed E-state index contributed by atoms with van der Waals surface area (Å²) in [5, 5.41) is 31.3. The van der Waals surface area contributed by atoms with Gasteiger partial charge in [0, 0.05) is 28.4 Å². The number of amidine groups is 1. The molecule has 0 aliphatic carbocycles. The fourth-order valence-corrected chi connectivity index (χ4v) is 4.49. The van der Waals surface area contributed by atoms with E-state index in [1.165, 1.54) is 5.06 Å². The van der Waals surface area contributed by atoms with Crippen LogP contribution >= 0.6 is 0 Å². The number of hydrogen-bond acceptors (Lipinski definition) is 4. The molecule has 0 saturated carbocycles. The van der Waals surface area contributed by atoms with Crippen LogP contribution in [0.1, 0.15) is 73.8 Å². The van der Waals surface area contributed by atoms with E-state index in [0.717, 1.165) is 29.2 Å². The van der Waals surface area contributed by atoms with Gasteiger partial charge in [-0.1, -0.05) is 17.3 Å². The molecule has 28 heavy (non-hydrogen) atoms. The van der Waals surface area contributed by atoms with Crippen molar-refractivity contribution in [3.05, 3.63) is 29.8 Å². The standard InChI is InChI=1S/C22H34N4O2/c1-19(2)13-17(14-20(3,4)26(19)28)23-16-11-9-10-15(12-16)18-24-21(5,6)22(7,8)25(18)27/h9-12,17,23H,13-14H2,1-8H3. The monoisotopic (exact) mass is 386 g/mol. The van der Waals surface area contributed by atoms with Crippen molar-refractivity contribution >= 4 is 11.5 Å². The van der Waals surface area contributed by atoms with Gasteiger partial charge in [-0.3, -0.25) is 4.99 Å². The van der Waals surface area contributed by atoms with Crippen LogP contribution in [0, 0.1) is 0 Å². The molecule has 2 heterocycles. The Labute approximate surface area is 169 Å². The normalized spacial score (nSPS) is 26.2. The van der Waals surface area contributed by atoms with E-state index >= 15 is 0 Å². The van der Waals surface area contributed by atoms with Crippen LogP contribution in [0.15, 0.2) is 29.3 Å². The number of nitrogens with one attached hydrogen (secondary N) is 1. The largest absolute Gasteiger partial charge is 0.382 e. The van der Waals surface area contributed by atoms with Crippen LogP contribution in [-0.4, -0.2) is 44.2 Å². The molecule has 1 saturated heterocycles. The fourth-order valence-electron chi connectivity index (χ4n) is 4.49. The summed E-state index contributed by atoms with van der Waals surface area (Å²) in [6.07, 6.45) is 1.53. The molecule has 1 N–H and O–H groups in total. The maximum atomic E-state index is 12.9. The predicted octanol–water partition coefficient (Wildman–Crippen LogP) is 4.43. The Kier molecular flexibility index (Phi) is 4.85. The molecular formula is C22H34N4O2. The highest BCUT2D eigenvalue weighted by molar-refractivity contribution is 6.01. The Morgan fingerprint density at radius 2 is 1.54 bits per heavy atom. The Morgan fingerprint density at radius 1 is 0.964 bits per heavy atom. The molecule has 1 aromatic rings. The zero-order valence-electron chi connectivity index (χ0n) is 18.5. The van der Waals surface area contributed by atoms with Crippen molar-refractivity contribution in [3.63, 3.8) is 0 Å². The van der Waals surface area contributed by atoms with Crippen LogP contribution < -0.4 is 5.32 Å². The highest BCUT2D eigenvalue weighted by Gasteiger charge is 2.50. The number of hydrogen-bond donors (Lipinski definition) is 1. The van der Waals surface area contributed by atoms with Crippen molar-refractivity contribution in [2.45, 2.75) is 96.4 Å². The molecule has 6 heteroatoms. The minimum atomic E-state index is -0.596. The molecule has 0 aromatic heterocycles. The minimum absolute atomic E-state index is 0.187. The van der Waals surface area contributed by atoms with Gasteiger partial charge < -0.3 is 5.32 Å². The molecule has 0 atom stereocenters. The summed E-state index contributed by atoms with van der Waals surface area (Å²) in [5.74, 6) is 0.480. The third kappa shape index (κ3) is 3.42. The molecule has 3 rings (SSSR count). The molecule has 1 fully saturated rings. The van der Waals surface area contributed by atoms with Crippen molar-refractivity contribution in [2.24, 2.45) is 4.99 Å². The van der Waals surface area contributed by atoms with Crippen molar-refractivity contribution < 1.29 is 10.4 Å². The molecular weight excluding hydrogens is 352 g/mol. The lowest BCUT2D eigenvalue weighted by Gasteiger charge is -2.50. The summed E-state index contributed by atoms with van der Waals surface area (Å²) >= 11 is 0. The maximum absolute atomic E-state index is 12.9. The SMILES string of the molecule is CC1(C)CC(Nc2cccc(C3=NC(C)(C)C(C)(C)N3[O])c2)CC(C)(C)N1[O]. The third-order valence-electron chi connectivity index (χ3n) is 6.67. The van der Waals surface area contributed by atoms with Crippen molar-refractivity contribution in [1.82, 2.24) is 10.1 Å². The number of aliphatic imine (C=N–C) groups is 1. The van der Waals surface area contributed by atoms with E-state index < -0.39 is 22.2 Å². The van der Waals surface area contributed by atoms with E-state index in [2.05, 4.69) is 5.32 Å². The zero-order chi connectivity index (χ0) is 21.1. The van der Waals surface area contributed by atoms with Crippen LogP contribution in [0.5, 0.6) is 0 Å². The van der Waals surface area contributed by atoms with Gasteiger partial charge >= 0.3 is 0 Å². The van der Waals surface area contributed by atoms with Gasteiger partial charge in [0.1, 0.15) is 0 Å². The molecule has 1 aromatic carbocycles. The first-order valence-corrected chi connectivity index (χ1v) is 10.1. The quantitative estimate of drug-likeness (QED) is 0.835. The van der Waals surface area contributed by atoms with Crippen LogP contribution in [0.25, 0.3) is 0 Å². The second-order valence-electron chi connectivity index (χ2n) is 10.6. The highest BCUT2D eigenvalue weighted by Crippen LogP contribution is 2.40. The van der Waals surface area contributed by atoms with Gasteiger partial charge in [0.2, 0.25) is 0 Å². The van der Waals surface area contributed by atoms with Crippen LogP contribution in [0.3, 0.4) is 0 Å². The Bertz CT molecular complexity index is 764. The van der Waals surface area contributed by atoms with Gasteiger partial charge in [-0.2, -0.15) is 5.06 Å². The van der Waals surface area contributed by atoms with Gasteiger partial charge in [-0.05, 0) is 80.4 Å². The minimum Gasteiger partial charge on any atom is -0.382 e. The zero-order valence-corrected chi connectivity index (χ0v) is 18.5. The molecule has 0 amide bonds. The third-order valence-corrected chi connectivity index (χ3v) is 6.67. The van der Waals surface area contributed by atoms with Crippen molar-refractivity contribution in [3.8, 4) is 0 Å². The smallest absolute Gasteiger partial charge is 0.159 e. The molecule has 0 bridgehead atoms. The summed E-state index contributed by atoms with van der Waals surface area (Å²) in [7, 11) is 0. The van der Waals surface area contributed by atoms with Crippen LogP contribution in [0.4, 0.5) is 5.69 Å². The average Bonchev–Trinajstić information content (AvgIpc) is 2.72. The molecule has 2 radical (unpaired) electrons. The summed E-state index contributed by atoms with van der Waals surface area (Å²) in [5.41, 5.74) is -0.132. The fraction of sp³-hybridized carbons (Fsp3) is 0.682. The van der Waals surface area contributed by atoms with E-state index in [0.29, 0.717) is 5.84 Å². The Morgan fingerprint density at radius 3 is 2.04 bits per heavy atom. The maximum Gasteiger partial charge on any atom is 0.159 e. The first kappa shape index (κ1) is 21.1. The van der Waals surface area contributed by atoms with Crippen molar-refractivity contribution in [2.75, 3.05) is 5.32 Å². The molecule has 2 aliphatic heterocycles. The van der Waals surface area contributed by atoms with E-state index in [9.17, 15) is 10.4 Å². The number of benzene rings is 1. The number of piperidine rings is 1. The molecule has 6 nitrogen and oxygen atoms in total. The number of rotatable bonds is 3. The van der Waals surface area contributed by atoms with E-state index in [1.54, 1.807) is 0 Å². The lowest BCUT2D eigenvalue weighted by molar-refractivity contribution is -0.288. The summed E-state index contributed by atoms with van der Waals surface area (Å²) in [4.78, 5) is 4.72. The van der Waals surface area contributed by atoms with Gasteiger partial charge in [0.05, 0.1) is 11.1 Å². The van der Waals surface area contributed by atoms with Crippen LogP contribution in [0.2, 0.25) is 0 Å². The lowest BCUT2D eigenvalue weighted by atomic mass is 9.79. The highest BCUT2D eigenvalue weighted by atomic mass is 16.5. The van der Waals surface area contributed by atoms with Crippen LogP contribution in [-0.2, 0) is 10.4 Å². The second-order valence-corrected chi connectivity index (χ2v) is 10.6. The van der Waals surface area contributed by atoms with E-state index in [-0.39, 0.29) is 6.04 Å². The summed E-state index contributed by atoms with van der Waals surface area (Å²) < 4.78 is 0. The number of nitrogens with zero attached hydrogens (tertiary/aromatic N) is 3. The Hall–Kier alpha value is -1.63.